The normalized spacial score (nSPS) is 28.3. The van der Waals surface area contributed by atoms with Crippen LogP contribution in [0.15, 0.2) is 48.6 Å². The number of allylic oxidation sites excluding steroid dienone is 7. The van der Waals surface area contributed by atoms with Gasteiger partial charge < -0.3 is 89.9 Å². The molecule has 90 heavy (non-hydrogen) atoms. The first kappa shape index (κ1) is 82.0. The molecule has 0 aromatic heterocycles. The fourth-order valence-electron chi connectivity index (χ4n) is 12.0. The minimum atomic E-state index is -1.98. The molecule has 3 saturated heterocycles. The fraction of sp³-hybridized carbons (Fsp3) is 0.873. The summed E-state index contributed by atoms with van der Waals surface area (Å²) in [5.41, 5.74) is 0. The van der Waals surface area contributed by atoms with Gasteiger partial charge in [-0.05, 0) is 57.8 Å². The Hall–Kier alpha value is -2.25. The van der Waals surface area contributed by atoms with Crippen LogP contribution in [0.2, 0.25) is 0 Å². The molecule has 3 heterocycles. The van der Waals surface area contributed by atoms with Gasteiger partial charge in [-0.25, -0.2) is 0 Å². The molecule has 0 aromatic carbocycles. The molecule has 12 N–H and O–H groups in total. The van der Waals surface area contributed by atoms with Crippen molar-refractivity contribution < 1.29 is 89.4 Å². The maximum absolute atomic E-state index is 13.4. The molecular weight excluding hydrogens is 1150 g/mol. The SMILES string of the molecule is CCCC/C=C\C/C=C\CCCCCCCC(=O)NC(COC1OC(CO)C(OC2OC(CO)C(OC3OC(CO)C(O)C(O)C3O)C(O)C2O)C(O)C1O)C(O)/C=C/CC/C=C/CCCCCCCCCCCCCCCCCCCCCCCCCCC. The van der Waals surface area contributed by atoms with E-state index in [1.54, 1.807) is 6.08 Å². The number of rotatable bonds is 55. The Labute approximate surface area is 542 Å². The minimum Gasteiger partial charge on any atom is -0.394 e. The van der Waals surface area contributed by atoms with Crippen molar-refractivity contribution in [1.82, 2.24) is 5.32 Å². The van der Waals surface area contributed by atoms with Gasteiger partial charge in [0.1, 0.15) is 73.2 Å². The van der Waals surface area contributed by atoms with Gasteiger partial charge >= 0.3 is 0 Å². The van der Waals surface area contributed by atoms with Gasteiger partial charge in [-0.1, -0.05) is 249 Å². The van der Waals surface area contributed by atoms with Crippen molar-refractivity contribution in [3.05, 3.63) is 48.6 Å². The highest BCUT2D eigenvalue weighted by atomic mass is 16.8. The first-order valence-electron chi connectivity index (χ1n) is 35.9. The lowest BCUT2D eigenvalue weighted by atomic mass is 9.96. The van der Waals surface area contributed by atoms with Crippen molar-refractivity contribution in [2.45, 2.75) is 369 Å². The van der Waals surface area contributed by atoms with Crippen LogP contribution in [-0.2, 0) is 33.2 Å². The van der Waals surface area contributed by atoms with E-state index >= 15 is 0 Å². The summed E-state index contributed by atoms with van der Waals surface area (Å²) in [6, 6.07) is -0.999. The zero-order chi connectivity index (χ0) is 65.4. The molecular formula is C71H129NO18. The molecule has 0 bridgehead atoms. The number of ether oxygens (including phenoxy) is 6. The summed E-state index contributed by atoms with van der Waals surface area (Å²) in [6.07, 6.45) is 36.9. The Kier molecular flexibility index (Phi) is 48.2. The van der Waals surface area contributed by atoms with Crippen LogP contribution < -0.4 is 5.32 Å². The number of aliphatic hydroxyl groups excluding tert-OH is 11. The second-order valence-corrected chi connectivity index (χ2v) is 25.7. The molecule has 19 heteroatoms. The molecule has 0 aromatic rings. The first-order chi connectivity index (χ1) is 43.8. The third kappa shape index (κ3) is 34.4. The highest BCUT2D eigenvalue weighted by Crippen LogP contribution is 2.33. The average molecular weight is 1280 g/mol. The lowest BCUT2D eigenvalue weighted by Gasteiger charge is -2.48. The summed E-state index contributed by atoms with van der Waals surface area (Å²) in [6.45, 7) is 1.67. The van der Waals surface area contributed by atoms with Crippen LogP contribution in [0.1, 0.15) is 264 Å². The van der Waals surface area contributed by atoms with Gasteiger partial charge in [-0.15, -0.1) is 0 Å². The zero-order valence-corrected chi connectivity index (χ0v) is 55.6. The summed E-state index contributed by atoms with van der Waals surface area (Å²) in [4.78, 5) is 13.4. The second-order valence-electron chi connectivity index (χ2n) is 25.7. The van der Waals surface area contributed by atoms with E-state index in [-0.39, 0.29) is 18.9 Å². The molecule has 0 aliphatic carbocycles. The number of carbonyl (C=O) groups is 1. The minimum absolute atomic E-state index is 0.218. The quantitative estimate of drug-likeness (QED) is 0.0199. The third-order valence-corrected chi connectivity index (χ3v) is 17.8. The lowest BCUT2D eigenvalue weighted by Crippen LogP contribution is -2.66. The smallest absolute Gasteiger partial charge is 0.220 e. The van der Waals surface area contributed by atoms with Crippen molar-refractivity contribution in [1.29, 1.82) is 0 Å². The van der Waals surface area contributed by atoms with Gasteiger partial charge in [0, 0.05) is 6.42 Å². The molecule has 1 amide bonds. The topological polar surface area (TPSA) is 307 Å². The van der Waals surface area contributed by atoms with Crippen LogP contribution in [0, 0.1) is 0 Å². The highest BCUT2D eigenvalue weighted by molar-refractivity contribution is 5.76. The summed E-state index contributed by atoms with van der Waals surface area (Å²) >= 11 is 0. The van der Waals surface area contributed by atoms with Gasteiger partial charge in [-0.2, -0.15) is 0 Å². The zero-order valence-electron chi connectivity index (χ0n) is 55.6. The van der Waals surface area contributed by atoms with E-state index in [2.05, 4.69) is 55.6 Å². The molecule has 17 atom stereocenters. The Morgan fingerprint density at radius 3 is 1.21 bits per heavy atom. The number of nitrogens with one attached hydrogen (secondary N) is 1. The summed E-state index contributed by atoms with van der Waals surface area (Å²) < 4.78 is 34.3. The molecule has 3 aliphatic heterocycles. The number of carbonyl (C=O) groups excluding carboxylic acids is 1. The molecule has 3 fully saturated rings. The maximum Gasteiger partial charge on any atom is 0.220 e. The predicted octanol–water partition coefficient (Wildman–Crippen LogP) is 9.78. The number of hydrogen-bond acceptors (Lipinski definition) is 18. The average Bonchev–Trinajstić information content (AvgIpc) is 0.866. The van der Waals surface area contributed by atoms with Crippen molar-refractivity contribution in [3.63, 3.8) is 0 Å². The molecule has 19 nitrogen and oxygen atoms in total. The monoisotopic (exact) mass is 1280 g/mol. The predicted molar refractivity (Wildman–Crippen MR) is 351 cm³/mol. The van der Waals surface area contributed by atoms with E-state index in [1.807, 2.05) is 6.08 Å². The molecule has 0 spiro atoms. The van der Waals surface area contributed by atoms with E-state index in [0.717, 1.165) is 64.2 Å². The van der Waals surface area contributed by atoms with Crippen LogP contribution in [0.4, 0.5) is 0 Å². The highest BCUT2D eigenvalue weighted by Gasteiger charge is 2.53. The van der Waals surface area contributed by atoms with Gasteiger partial charge in [0.25, 0.3) is 0 Å². The molecule has 3 rings (SSSR count). The number of amides is 1. The molecule has 3 aliphatic rings. The molecule has 0 radical (unpaired) electrons. The Balaban J connectivity index is 1.40. The Morgan fingerprint density at radius 1 is 0.400 bits per heavy atom. The van der Waals surface area contributed by atoms with Crippen LogP contribution in [0.5, 0.6) is 0 Å². The van der Waals surface area contributed by atoms with Crippen LogP contribution >= 0.6 is 0 Å². The maximum atomic E-state index is 13.4. The molecule has 0 saturated carbocycles. The summed E-state index contributed by atoms with van der Waals surface area (Å²) in [5.74, 6) is -0.299. The molecule has 17 unspecified atom stereocenters. The van der Waals surface area contributed by atoms with Crippen LogP contribution in [-0.4, -0.2) is 193 Å². The number of aliphatic hydroxyl groups is 11. The Morgan fingerprint density at radius 2 is 0.756 bits per heavy atom. The Bertz CT molecular complexity index is 1820. The largest absolute Gasteiger partial charge is 0.394 e. The van der Waals surface area contributed by atoms with Crippen molar-refractivity contribution in [2.24, 2.45) is 0 Å². The number of unbranched alkanes of at least 4 members (excludes halogenated alkanes) is 33. The molecule has 526 valence electrons. The summed E-state index contributed by atoms with van der Waals surface area (Å²) in [7, 11) is 0. The van der Waals surface area contributed by atoms with Gasteiger partial charge in [0.15, 0.2) is 18.9 Å². The van der Waals surface area contributed by atoms with Crippen molar-refractivity contribution in [3.8, 4) is 0 Å². The fourth-order valence-corrected chi connectivity index (χ4v) is 12.0. The van der Waals surface area contributed by atoms with E-state index in [9.17, 15) is 61.0 Å². The van der Waals surface area contributed by atoms with E-state index in [0.29, 0.717) is 12.8 Å². The van der Waals surface area contributed by atoms with E-state index in [4.69, 9.17) is 28.4 Å². The van der Waals surface area contributed by atoms with Crippen LogP contribution in [0.3, 0.4) is 0 Å². The van der Waals surface area contributed by atoms with Gasteiger partial charge in [-0.3, -0.25) is 4.79 Å². The van der Waals surface area contributed by atoms with E-state index in [1.165, 1.54) is 167 Å². The van der Waals surface area contributed by atoms with Gasteiger partial charge in [0.05, 0.1) is 38.6 Å². The second kappa shape index (κ2) is 53.0. The lowest BCUT2D eigenvalue weighted by molar-refractivity contribution is -0.379. The van der Waals surface area contributed by atoms with Crippen molar-refractivity contribution >= 4 is 5.91 Å². The standard InChI is InChI=1S/C71H129NO18/c1-3-5-7-9-11-13-15-17-19-20-21-22-23-24-25-26-27-28-29-30-31-32-33-34-35-36-38-40-42-44-46-48-55(76)54(72-59(77)49-47-45-43-41-39-37-18-16-14-12-10-8-6-4-2)53-85-69-65(83)62(80)67(57(51-74)87-69)90-71-66(84)63(81)68(58(52-75)88-71)89-70-64(82)61(79)60(78)56(50-73)86-70/h10,12,16,18,38,40,46,48,54-58,60-71,73-76,78-84H,3-9,11,13-15,17,19-37,39,41-45,47,49-53H2,1-2H3,(H,72,77)/b12-10-,18-16-,40-38+,48-46+. The number of hydrogen-bond donors (Lipinski definition) is 12. The third-order valence-electron chi connectivity index (χ3n) is 17.8. The summed E-state index contributed by atoms with van der Waals surface area (Å²) in [5, 5.41) is 120. The van der Waals surface area contributed by atoms with E-state index < -0.39 is 124 Å². The van der Waals surface area contributed by atoms with Gasteiger partial charge in [0.2, 0.25) is 5.91 Å². The first-order valence-corrected chi connectivity index (χ1v) is 35.9. The van der Waals surface area contributed by atoms with Crippen LogP contribution in [0.25, 0.3) is 0 Å². The van der Waals surface area contributed by atoms with Crippen molar-refractivity contribution in [2.75, 3.05) is 26.4 Å².